The molecule has 1 aromatic heterocycles. The number of hydrogen-bond donors (Lipinski definition) is 0. The lowest BCUT2D eigenvalue weighted by molar-refractivity contribution is -0.385. The fraction of sp³-hybridized carbons (Fsp3) is 0.357. The minimum Gasteiger partial charge on any atom is -0.493 e. The number of nitro benzene ring substituents is 1. The Morgan fingerprint density at radius 1 is 1.43 bits per heavy atom. The molecule has 1 aromatic carbocycles. The summed E-state index contributed by atoms with van der Waals surface area (Å²) in [5.74, 6) is 1.11. The molecule has 0 amide bonds. The molecule has 0 bridgehead atoms. The van der Waals surface area contributed by atoms with Crippen LogP contribution >= 0.6 is 0 Å². The molecule has 0 aliphatic rings. The van der Waals surface area contributed by atoms with Crippen molar-refractivity contribution in [1.82, 2.24) is 9.55 Å². The van der Waals surface area contributed by atoms with E-state index in [2.05, 4.69) is 4.98 Å². The smallest absolute Gasteiger partial charge is 0.315 e. The Hall–Kier alpha value is -2.57. The maximum atomic E-state index is 11.3. The van der Waals surface area contributed by atoms with E-state index in [9.17, 15) is 10.1 Å². The average Bonchev–Trinajstić information content (AvgIpc) is 2.90. The lowest BCUT2D eigenvalue weighted by atomic mass is 10.1. The van der Waals surface area contributed by atoms with E-state index in [1.165, 1.54) is 13.2 Å². The lowest BCUT2D eigenvalue weighted by Crippen LogP contribution is -2.03. The van der Waals surface area contributed by atoms with E-state index < -0.39 is 4.92 Å². The van der Waals surface area contributed by atoms with E-state index >= 15 is 0 Å². The highest BCUT2D eigenvalue weighted by Crippen LogP contribution is 2.40. The van der Waals surface area contributed by atoms with Gasteiger partial charge in [-0.3, -0.25) is 10.1 Å². The Balaban J connectivity index is 2.58. The molecule has 112 valence electrons. The van der Waals surface area contributed by atoms with Crippen LogP contribution in [0.5, 0.6) is 11.5 Å². The lowest BCUT2D eigenvalue weighted by Gasteiger charge is -2.12. The van der Waals surface area contributed by atoms with Gasteiger partial charge in [0.1, 0.15) is 5.82 Å². The topological polar surface area (TPSA) is 79.4 Å². The third-order valence-corrected chi connectivity index (χ3v) is 2.98. The van der Waals surface area contributed by atoms with Crippen molar-refractivity contribution in [1.29, 1.82) is 0 Å². The van der Waals surface area contributed by atoms with Crippen molar-refractivity contribution in [2.45, 2.75) is 13.3 Å². The highest BCUT2D eigenvalue weighted by atomic mass is 16.6. The third-order valence-electron chi connectivity index (χ3n) is 2.98. The van der Waals surface area contributed by atoms with Crippen LogP contribution in [-0.4, -0.2) is 28.2 Å². The number of hydrogen-bond acceptors (Lipinski definition) is 5. The zero-order valence-electron chi connectivity index (χ0n) is 12.2. The first kappa shape index (κ1) is 14.8. The fourth-order valence-electron chi connectivity index (χ4n) is 2.00. The number of benzene rings is 1. The number of nitrogens with zero attached hydrogens (tertiary/aromatic N) is 3. The zero-order valence-corrected chi connectivity index (χ0v) is 12.2. The summed E-state index contributed by atoms with van der Waals surface area (Å²) in [6, 6.07) is 3.15. The Labute approximate surface area is 122 Å². The number of nitro groups is 1. The predicted molar refractivity (Wildman–Crippen MR) is 77.6 cm³/mol. The quantitative estimate of drug-likeness (QED) is 0.604. The first-order chi connectivity index (χ1) is 10.1. The zero-order chi connectivity index (χ0) is 15.4. The largest absolute Gasteiger partial charge is 0.493 e. The maximum absolute atomic E-state index is 11.3. The minimum atomic E-state index is -0.472. The van der Waals surface area contributed by atoms with Gasteiger partial charge in [-0.15, -0.1) is 0 Å². The van der Waals surface area contributed by atoms with Gasteiger partial charge in [0, 0.05) is 31.1 Å². The molecule has 2 rings (SSSR count). The third kappa shape index (κ3) is 2.96. The first-order valence-electron chi connectivity index (χ1n) is 6.55. The SMILES string of the molecule is CCCOc1c(OC)cc(-c2nccn2C)cc1[N+](=O)[O-]. The van der Waals surface area contributed by atoms with E-state index in [0.717, 1.165) is 6.42 Å². The Kier molecular flexibility index (Phi) is 4.42. The first-order valence-corrected chi connectivity index (χ1v) is 6.55. The molecule has 0 fully saturated rings. The number of imidazole rings is 1. The summed E-state index contributed by atoms with van der Waals surface area (Å²) in [7, 11) is 3.28. The monoisotopic (exact) mass is 291 g/mol. The van der Waals surface area contributed by atoms with Gasteiger partial charge >= 0.3 is 5.69 Å². The van der Waals surface area contributed by atoms with Gasteiger partial charge in [0.05, 0.1) is 18.6 Å². The Morgan fingerprint density at radius 2 is 2.19 bits per heavy atom. The minimum absolute atomic E-state index is 0.124. The summed E-state index contributed by atoms with van der Waals surface area (Å²) < 4.78 is 12.5. The summed E-state index contributed by atoms with van der Waals surface area (Å²) in [6.07, 6.45) is 4.16. The van der Waals surface area contributed by atoms with Gasteiger partial charge < -0.3 is 14.0 Å². The summed E-state index contributed by atoms with van der Waals surface area (Å²) in [5.41, 5.74) is 0.482. The fourth-order valence-corrected chi connectivity index (χ4v) is 2.00. The highest BCUT2D eigenvalue weighted by molar-refractivity contribution is 5.69. The molecule has 7 nitrogen and oxygen atoms in total. The normalized spacial score (nSPS) is 10.4. The second-order valence-electron chi connectivity index (χ2n) is 4.49. The van der Waals surface area contributed by atoms with Gasteiger partial charge in [0.15, 0.2) is 5.75 Å². The van der Waals surface area contributed by atoms with Crippen LogP contribution in [0.25, 0.3) is 11.4 Å². The number of aryl methyl sites for hydroxylation is 1. The Bertz CT molecular complexity index is 652. The molecule has 0 aliphatic heterocycles. The summed E-state index contributed by atoms with van der Waals surface area (Å²) in [5, 5.41) is 11.3. The highest BCUT2D eigenvalue weighted by Gasteiger charge is 2.23. The number of ether oxygens (including phenoxy) is 2. The molecule has 2 aromatic rings. The molecular formula is C14H17N3O4. The maximum Gasteiger partial charge on any atom is 0.315 e. The number of aromatic nitrogens is 2. The molecule has 0 unspecified atom stereocenters. The molecular weight excluding hydrogens is 274 g/mol. The molecule has 7 heteroatoms. The van der Waals surface area contributed by atoms with Crippen molar-refractivity contribution in [3.63, 3.8) is 0 Å². The molecule has 0 spiro atoms. The van der Waals surface area contributed by atoms with Crippen molar-refractivity contribution in [3.05, 3.63) is 34.6 Å². The van der Waals surface area contributed by atoms with Crippen molar-refractivity contribution >= 4 is 5.69 Å². The van der Waals surface area contributed by atoms with Crippen molar-refractivity contribution in [2.75, 3.05) is 13.7 Å². The van der Waals surface area contributed by atoms with Crippen LogP contribution in [0.1, 0.15) is 13.3 Å². The van der Waals surface area contributed by atoms with Crippen LogP contribution in [0, 0.1) is 10.1 Å². The summed E-state index contributed by atoms with van der Waals surface area (Å²) in [6.45, 7) is 2.32. The second-order valence-corrected chi connectivity index (χ2v) is 4.49. The van der Waals surface area contributed by atoms with Crippen molar-refractivity contribution in [2.24, 2.45) is 7.05 Å². The predicted octanol–water partition coefficient (Wildman–Crippen LogP) is 2.79. The number of methoxy groups -OCH3 is 1. The molecule has 0 saturated heterocycles. The van der Waals surface area contributed by atoms with Crippen LogP contribution in [0.15, 0.2) is 24.5 Å². The standard InChI is InChI=1S/C14H17N3O4/c1-4-7-21-13-11(17(18)19)8-10(9-12(13)20-3)14-15-5-6-16(14)2/h5-6,8-9H,4,7H2,1-3H3. The van der Waals surface area contributed by atoms with Crippen LogP contribution in [0.3, 0.4) is 0 Å². The summed E-state index contributed by atoms with van der Waals surface area (Å²) >= 11 is 0. The van der Waals surface area contributed by atoms with Crippen molar-refractivity contribution in [3.8, 4) is 22.9 Å². The van der Waals surface area contributed by atoms with E-state index in [1.807, 2.05) is 14.0 Å². The van der Waals surface area contributed by atoms with E-state index in [1.54, 1.807) is 23.0 Å². The van der Waals surface area contributed by atoms with Gasteiger partial charge in [-0.25, -0.2) is 4.98 Å². The molecule has 0 radical (unpaired) electrons. The summed E-state index contributed by atoms with van der Waals surface area (Å²) in [4.78, 5) is 15.0. The number of rotatable bonds is 6. The van der Waals surface area contributed by atoms with E-state index in [-0.39, 0.29) is 11.4 Å². The van der Waals surface area contributed by atoms with Gasteiger partial charge in [0.2, 0.25) is 5.75 Å². The van der Waals surface area contributed by atoms with Gasteiger partial charge in [-0.2, -0.15) is 0 Å². The Morgan fingerprint density at radius 3 is 2.71 bits per heavy atom. The molecule has 0 aliphatic carbocycles. The van der Waals surface area contributed by atoms with E-state index in [4.69, 9.17) is 9.47 Å². The van der Waals surface area contributed by atoms with Crippen molar-refractivity contribution < 1.29 is 14.4 Å². The average molecular weight is 291 g/mol. The second kappa shape index (κ2) is 6.25. The van der Waals surface area contributed by atoms with Crippen LogP contribution in [0.4, 0.5) is 5.69 Å². The van der Waals surface area contributed by atoms with Gasteiger partial charge in [-0.05, 0) is 12.5 Å². The van der Waals surface area contributed by atoms with Gasteiger partial charge in [-0.1, -0.05) is 6.92 Å². The van der Waals surface area contributed by atoms with Crippen LogP contribution in [0.2, 0.25) is 0 Å². The molecule has 21 heavy (non-hydrogen) atoms. The molecule has 0 atom stereocenters. The van der Waals surface area contributed by atoms with Crippen LogP contribution in [-0.2, 0) is 7.05 Å². The molecule has 0 N–H and O–H groups in total. The van der Waals surface area contributed by atoms with E-state index in [0.29, 0.717) is 23.7 Å². The van der Waals surface area contributed by atoms with Gasteiger partial charge in [0.25, 0.3) is 0 Å². The molecule has 0 saturated carbocycles. The van der Waals surface area contributed by atoms with Crippen LogP contribution < -0.4 is 9.47 Å². The molecule has 1 heterocycles.